The van der Waals surface area contributed by atoms with Crippen LogP contribution in [0.2, 0.25) is 0 Å². The first-order valence-corrected chi connectivity index (χ1v) is 8.15. The van der Waals surface area contributed by atoms with Crippen LogP contribution in [0, 0.1) is 5.92 Å². The smallest absolute Gasteiger partial charge is 0.318 e. The van der Waals surface area contributed by atoms with E-state index in [1.165, 1.54) is 0 Å². The Bertz CT molecular complexity index is 395. The number of urea groups is 1. The monoisotopic (exact) mass is 295 g/mol. The van der Waals surface area contributed by atoms with Crippen molar-refractivity contribution in [2.45, 2.75) is 63.1 Å². The normalized spacial score (nSPS) is 33.0. The summed E-state index contributed by atoms with van der Waals surface area (Å²) >= 11 is 0. The molecule has 3 N–H and O–H groups in total. The molecule has 2 bridgehead atoms. The van der Waals surface area contributed by atoms with E-state index in [4.69, 9.17) is 5.11 Å². The maximum Gasteiger partial charge on any atom is 0.318 e. The first-order chi connectivity index (χ1) is 10.1. The van der Waals surface area contributed by atoms with Crippen molar-refractivity contribution in [3.63, 3.8) is 0 Å². The lowest BCUT2D eigenvalue weighted by molar-refractivity contribution is -0.138. The van der Waals surface area contributed by atoms with Crippen LogP contribution in [0.4, 0.5) is 4.79 Å². The van der Waals surface area contributed by atoms with E-state index in [2.05, 4.69) is 10.6 Å². The van der Waals surface area contributed by atoms with Gasteiger partial charge in [0.25, 0.3) is 0 Å². The van der Waals surface area contributed by atoms with E-state index in [0.29, 0.717) is 0 Å². The highest BCUT2D eigenvalue weighted by molar-refractivity contribution is 5.76. The summed E-state index contributed by atoms with van der Waals surface area (Å²) in [6.45, 7) is 1.94. The number of carbonyl (C=O) groups is 2. The van der Waals surface area contributed by atoms with Gasteiger partial charge in [-0.1, -0.05) is 0 Å². The molecule has 0 aromatic rings. The lowest BCUT2D eigenvalue weighted by Gasteiger charge is -2.39. The summed E-state index contributed by atoms with van der Waals surface area (Å²) in [5.41, 5.74) is 0. The molecule has 0 aromatic heterocycles. The summed E-state index contributed by atoms with van der Waals surface area (Å²) in [4.78, 5) is 25.4. The standard InChI is InChI=1S/C15H25N3O3/c19-14(20)9-10-7-12-1-2-13(8-10)18(12)15(21)17-11-3-5-16-6-4-11/h10-13,16H,1-9H2,(H,17,21)(H,19,20). The second-order valence-electron chi connectivity index (χ2n) is 6.70. The quantitative estimate of drug-likeness (QED) is 0.730. The van der Waals surface area contributed by atoms with Gasteiger partial charge >= 0.3 is 12.0 Å². The minimum atomic E-state index is -0.716. The lowest BCUT2D eigenvalue weighted by atomic mass is 9.88. The summed E-state index contributed by atoms with van der Waals surface area (Å²) in [6.07, 6.45) is 6.00. The summed E-state index contributed by atoms with van der Waals surface area (Å²) in [5, 5.41) is 15.4. The van der Waals surface area contributed by atoms with Crippen LogP contribution in [0.1, 0.15) is 44.9 Å². The van der Waals surface area contributed by atoms with Gasteiger partial charge in [-0.25, -0.2) is 4.79 Å². The number of aliphatic carboxylic acids is 1. The van der Waals surface area contributed by atoms with Gasteiger partial charge in [0.1, 0.15) is 0 Å². The van der Waals surface area contributed by atoms with Crippen LogP contribution in [0.3, 0.4) is 0 Å². The number of fused-ring (bicyclic) bond motifs is 2. The zero-order valence-electron chi connectivity index (χ0n) is 12.4. The Morgan fingerprint density at radius 3 is 2.29 bits per heavy atom. The van der Waals surface area contributed by atoms with E-state index in [1.807, 2.05) is 4.90 Å². The molecule has 6 nitrogen and oxygen atoms in total. The van der Waals surface area contributed by atoms with Crippen LogP contribution in [0.25, 0.3) is 0 Å². The summed E-state index contributed by atoms with van der Waals surface area (Å²) in [5.74, 6) is -0.477. The van der Waals surface area contributed by atoms with E-state index < -0.39 is 5.97 Å². The largest absolute Gasteiger partial charge is 0.481 e. The molecule has 3 aliphatic rings. The van der Waals surface area contributed by atoms with Crippen LogP contribution in [0.5, 0.6) is 0 Å². The average molecular weight is 295 g/mol. The summed E-state index contributed by atoms with van der Waals surface area (Å²) < 4.78 is 0. The molecule has 6 heteroatoms. The molecule has 3 heterocycles. The molecule has 2 unspecified atom stereocenters. The first kappa shape index (κ1) is 14.6. The molecule has 0 aliphatic carbocycles. The first-order valence-electron chi connectivity index (χ1n) is 8.15. The van der Waals surface area contributed by atoms with Crippen molar-refractivity contribution in [1.29, 1.82) is 0 Å². The Balaban J connectivity index is 1.56. The number of nitrogens with one attached hydrogen (secondary N) is 2. The molecule has 0 aromatic carbocycles. The van der Waals surface area contributed by atoms with Gasteiger partial charge in [0.05, 0.1) is 0 Å². The molecular formula is C15H25N3O3. The predicted molar refractivity (Wildman–Crippen MR) is 78.0 cm³/mol. The number of amides is 2. The predicted octanol–water partition coefficient (Wildman–Crippen LogP) is 1.17. The number of rotatable bonds is 3. The van der Waals surface area contributed by atoms with Gasteiger partial charge in [0.2, 0.25) is 0 Å². The molecule has 21 heavy (non-hydrogen) atoms. The number of piperidine rings is 2. The van der Waals surface area contributed by atoms with Gasteiger partial charge in [-0.2, -0.15) is 0 Å². The Kier molecular flexibility index (Phi) is 4.33. The average Bonchev–Trinajstić information content (AvgIpc) is 2.71. The van der Waals surface area contributed by atoms with Crippen molar-refractivity contribution in [1.82, 2.24) is 15.5 Å². The van der Waals surface area contributed by atoms with Crippen molar-refractivity contribution >= 4 is 12.0 Å². The maximum atomic E-state index is 12.5. The Morgan fingerprint density at radius 2 is 1.71 bits per heavy atom. The van der Waals surface area contributed by atoms with Gasteiger partial charge in [-0.15, -0.1) is 0 Å². The van der Waals surface area contributed by atoms with Crippen LogP contribution in [-0.2, 0) is 4.79 Å². The Morgan fingerprint density at radius 1 is 1.10 bits per heavy atom. The molecule has 2 amide bonds. The highest BCUT2D eigenvalue weighted by Crippen LogP contribution is 2.39. The third-order valence-corrected chi connectivity index (χ3v) is 5.20. The van der Waals surface area contributed by atoms with E-state index >= 15 is 0 Å². The minimum Gasteiger partial charge on any atom is -0.481 e. The molecule has 3 fully saturated rings. The minimum absolute atomic E-state index is 0.0724. The Hall–Kier alpha value is -1.30. The number of carboxylic acids is 1. The second-order valence-corrected chi connectivity index (χ2v) is 6.70. The second kappa shape index (κ2) is 6.22. The molecule has 3 saturated heterocycles. The summed E-state index contributed by atoms with van der Waals surface area (Å²) in [6, 6.07) is 0.850. The molecule has 0 spiro atoms. The van der Waals surface area contributed by atoms with E-state index in [-0.39, 0.29) is 36.5 Å². The maximum absolute atomic E-state index is 12.5. The van der Waals surface area contributed by atoms with Crippen LogP contribution in [0.15, 0.2) is 0 Å². The third-order valence-electron chi connectivity index (χ3n) is 5.20. The zero-order chi connectivity index (χ0) is 14.8. The fraction of sp³-hybridized carbons (Fsp3) is 0.867. The number of hydrogen-bond acceptors (Lipinski definition) is 3. The lowest BCUT2D eigenvalue weighted by Crippen LogP contribution is -2.54. The van der Waals surface area contributed by atoms with Gasteiger partial charge in [0.15, 0.2) is 0 Å². The topological polar surface area (TPSA) is 81.7 Å². The number of nitrogens with zero attached hydrogens (tertiary/aromatic N) is 1. The highest BCUT2D eigenvalue weighted by Gasteiger charge is 2.43. The molecule has 0 saturated carbocycles. The van der Waals surface area contributed by atoms with Crippen molar-refractivity contribution in [3.05, 3.63) is 0 Å². The fourth-order valence-corrected chi connectivity index (χ4v) is 4.25. The van der Waals surface area contributed by atoms with Crippen molar-refractivity contribution < 1.29 is 14.7 Å². The van der Waals surface area contributed by atoms with Gasteiger partial charge < -0.3 is 20.6 Å². The molecule has 3 rings (SSSR count). The Labute approximate surface area is 125 Å². The molecule has 2 atom stereocenters. The van der Waals surface area contributed by atoms with E-state index in [9.17, 15) is 9.59 Å². The molecule has 0 radical (unpaired) electrons. The molecule has 3 aliphatic heterocycles. The van der Waals surface area contributed by atoms with Crippen LogP contribution < -0.4 is 10.6 Å². The van der Waals surface area contributed by atoms with E-state index in [0.717, 1.165) is 51.6 Å². The third kappa shape index (κ3) is 3.31. The van der Waals surface area contributed by atoms with Crippen LogP contribution >= 0.6 is 0 Å². The highest BCUT2D eigenvalue weighted by atomic mass is 16.4. The summed E-state index contributed by atoms with van der Waals surface area (Å²) in [7, 11) is 0. The number of carbonyl (C=O) groups excluding carboxylic acids is 1. The van der Waals surface area contributed by atoms with Gasteiger partial charge in [-0.3, -0.25) is 4.79 Å². The SMILES string of the molecule is O=C(O)CC1CC2CCC(C1)N2C(=O)NC1CCNCC1. The molecular weight excluding hydrogens is 270 g/mol. The molecule has 118 valence electrons. The van der Waals surface area contributed by atoms with Gasteiger partial charge in [-0.05, 0) is 57.5 Å². The fourth-order valence-electron chi connectivity index (χ4n) is 4.25. The number of hydrogen-bond donors (Lipinski definition) is 3. The zero-order valence-corrected chi connectivity index (χ0v) is 12.4. The number of carboxylic acid groups (broad SMARTS) is 1. The van der Waals surface area contributed by atoms with Crippen LogP contribution in [-0.4, -0.2) is 53.2 Å². The van der Waals surface area contributed by atoms with Crippen molar-refractivity contribution in [2.75, 3.05) is 13.1 Å². The van der Waals surface area contributed by atoms with E-state index in [1.54, 1.807) is 0 Å². The van der Waals surface area contributed by atoms with Gasteiger partial charge in [0, 0.05) is 24.5 Å². The van der Waals surface area contributed by atoms with Crippen molar-refractivity contribution in [3.8, 4) is 0 Å². The van der Waals surface area contributed by atoms with Crippen molar-refractivity contribution in [2.24, 2.45) is 5.92 Å².